The Morgan fingerprint density at radius 2 is 1.82 bits per heavy atom. The van der Waals surface area contributed by atoms with Crippen LogP contribution in [0.2, 0.25) is 0 Å². The molecule has 152 valence electrons. The number of benzene rings is 1. The predicted molar refractivity (Wildman–Crippen MR) is 106 cm³/mol. The van der Waals surface area contributed by atoms with Gasteiger partial charge in [0.05, 0.1) is 12.0 Å². The SMILES string of the molecule is CCCC(=N)CC1(NC(=O)NC(=O)Cc2ccccc2)CCN(C(=O)O)CC1. The number of carbonyl (C=O) groups is 3. The van der Waals surface area contributed by atoms with Crippen molar-refractivity contribution >= 4 is 23.7 Å². The Balaban J connectivity index is 1.98. The molecule has 8 heteroatoms. The Labute approximate surface area is 164 Å². The van der Waals surface area contributed by atoms with Crippen molar-refractivity contribution < 1.29 is 19.5 Å². The standard InChI is InChI=1S/C20H28N4O4/c1-2-6-16(21)14-20(9-11-24(12-10-20)19(27)28)23-18(26)22-17(25)13-15-7-4-3-5-8-15/h3-5,7-8,21H,2,6,9-14H2,1H3,(H,27,28)(H2,22,23,25,26). The molecule has 4 amide bonds. The van der Waals surface area contributed by atoms with E-state index >= 15 is 0 Å². The first-order valence-electron chi connectivity index (χ1n) is 9.53. The van der Waals surface area contributed by atoms with Gasteiger partial charge in [-0.25, -0.2) is 9.59 Å². The zero-order valence-electron chi connectivity index (χ0n) is 16.2. The third kappa shape index (κ3) is 6.37. The number of carbonyl (C=O) groups excluding carboxylic acids is 2. The summed E-state index contributed by atoms with van der Waals surface area (Å²) in [5, 5.41) is 22.5. The van der Waals surface area contributed by atoms with Crippen LogP contribution in [-0.2, 0) is 11.2 Å². The van der Waals surface area contributed by atoms with Crippen molar-refractivity contribution in [3.8, 4) is 0 Å². The molecule has 2 rings (SSSR count). The van der Waals surface area contributed by atoms with Crippen molar-refractivity contribution in [1.29, 1.82) is 5.41 Å². The number of carboxylic acid groups (broad SMARTS) is 1. The fourth-order valence-corrected chi connectivity index (χ4v) is 3.49. The maximum absolute atomic E-state index is 12.4. The average molecular weight is 388 g/mol. The molecule has 8 nitrogen and oxygen atoms in total. The zero-order valence-corrected chi connectivity index (χ0v) is 16.2. The lowest BCUT2D eigenvalue weighted by atomic mass is 9.82. The van der Waals surface area contributed by atoms with E-state index in [4.69, 9.17) is 10.5 Å². The first-order valence-corrected chi connectivity index (χ1v) is 9.53. The van der Waals surface area contributed by atoms with E-state index in [1.807, 2.05) is 37.3 Å². The summed E-state index contributed by atoms with van der Waals surface area (Å²) < 4.78 is 0. The van der Waals surface area contributed by atoms with E-state index in [2.05, 4.69) is 10.6 Å². The van der Waals surface area contributed by atoms with E-state index in [-0.39, 0.29) is 19.5 Å². The summed E-state index contributed by atoms with van der Waals surface area (Å²) in [6.07, 6.45) is 1.74. The largest absolute Gasteiger partial charge is 0.465 e. The molecule has 0 aliphatic carbocycles. The molecule has 1 aliphatic heterocycles. The molecule has 1 aromatic carbocycles. The number of hydrogen-bond donors (Lipinski definition) is 4. The molecule has 28 heavy (non-hydrogen) atoms. The van der Waals surface area contributed by atoms with E-state index in [9.17, 15) is 14.4 Å². The van der Waals surface area contributed by atoms with Gasteiger partial charge in [0, 0.05) is 25.2 Å². The first kappa shape index (κ1) is 21.4. The molecule has 1 aromatic rings. The minimum absolute atomic E-state index is 0.0969. The molecule has 4 N–H and O–H groups in total. The monoisotopic (exact) mass is 388 g/mol. The second kappa shape index (κ2) is 9.87. The molecular formula is C20H28N4O4. The molecule has 0 bridgehead atoms. The number of amides is 4. The minimum atomic E-state index is -0.986. The number of imide groups is 1. The molecule has 0 spiro atoms. The van der Waals surface area contributed by atoms with Gasteiger partial charge in [0.1, 0.15) is 0 Å². The molecule has 0 atom stereocenters. The Morgan fingerprint density at radius 1 is 1.18 bits per heavy atom. The summed E-state index contributed by atoms with van der Waals surface area (Å²) >= 11 is 0. The number of nitrogens with zero attached hydrogens (tertiary/aromatic N) is 1. The molecule has 0 saturated carbocycles. The summed E-state index contributed by atoms with van der Waals surface area (Å²) in [6.45, 7) is 2.55. The summed E-state index contributed by atoms with van der Waals surface area (Å²) in [5.41, 5.74) is 0.610. The molecule has 0 unspecified atom stereocenters. The number of hydrogen-bond acceptors (Lipinski definition) is 4. The second-order valence-corrected chi connectivity index (χ2v) is 7.24. The fourth-order valence-electron chi connectivity index (χ4n) is 3.49. The third-order valence-corrected chi connectivity index (χ3v) is 4.93. The average Bonchev–Trinajstić information content (AvgIpc) is 2.62. The quantitative estimate of drug-likeness (QED) is 0.536. The normalized spacial score (nSPS) is 15.5. The number of urea groups is 1. The van der Waals surface area contributed by atoms with E-state index in [1.54, 1.807) is 0 Å². The highest BCUT2D eigenvalue weighted by Gasteiger charge is 2.38. The van der Waals surface area contributed by atoms with Gasteiger partial charge in [0.25, 0.3) is 0 Å². The minimum Gasteiger partial charge on any atom is -0.465 e. The van der Waals surface area contributed by atoms with Crippen LogP contribution in [0.3, 0.4) is 0 Å². The molecule has 1 fully saturated rings. The molecule has 1 heterocycles. The van der Waals surface area contributed by atoms with Crippen molar-refractivity contribution in [2.75, 3.05) is 13.1 Å². The highest BCUT2D eigenvalue weighted by atomic mass is 16.4. The number of piperidine rings is 1. The summed E-state index contributed by atoms with van der Waals surface area (Å²) in [5.74, 6) is -0.412. The fraction of sp³-hybridized carbons (Fsp3) is 0.500. The van der Waals surface area contributed by atoms with Crippen LogP contribution < -0.4 is 10.6 Å². The van der Waals surface area contributed by atoms with Gasteiger partial charge >= 0.3 is 12.1 Å². The number of rotatable bonds is 7. The van der Waals surface area contributed by atoms with E-state index in [1.165, 1.54) is 4.90 Å². The topological polar surface area (TPSA) is 123 Å². The molecular weight excluding hydrogens is 360 g/mol. The van der Waals surface area contributed by atoms with Crippen molar-refractivity contribution in [3.05, 3.63) is 35.9 Å². The Morgan fingerprint density at radius 3 is 2.39 bits per heavy atom. The van der Waals surface area contributed by atoms with Crippen LogP contribution in [-0.4, -0.2) is 52.4 Å². The van der Waals surface area contributed by atoms with E-state index in [0.717, 1.165) is 12.0 Å². The van der Waals surface area contributed by atoms with Crippen LogP contribution >= 0.6 is 0 Å². The summed E-state index contributed by atoms with van der Waals surface area (Å²) in [6, 6.07) is 8.53. The predicted octanol–water partition coefficient (Wildman–Crippen LogP) is 2.78. The van der Waals surface area contributed by atoms with Crippen LogP contribution in [0.5, 0.6) is 0 Å². The second-order valence-electron chi connectivity index (χ2n) is 7.24. The van der Waals surface area contributed by atoms with Gasteiger partial charge < -0.3 is 20.7 Å². The van der Waals surface area contributed by atoms with Gasteiger partial charge in [-0.15, -0.1) is 0 Å². The lowest BCUT2D eigenvalue weighted by molar-refractivity contribution is -0.119. The Bertz CT molecular complexity index is 712. The molecule has 1 saturated heterocycles. The lowest BCUT2D eigenvalue weighted by Gasteiger charge is -2.41. The van der Waals surface area contributed by atoms with Gasteiger partial charge in [0.15, 0.2) is 0 Å². The van der Waals surface area contributed by atoms with Gasteiger partial charge in [-0.2, -0.15) is 0 Å². The van der Waals surface area contributed by atoms with Crippen LogP contribution in [0, 0.1) is 5.41 Å². The Hall–Kier alpha value is -2.90. The third-order valence-electron chi connectivity index (χ3n) is 4.93. The first-order chi connectivity index (χ1) is 13.3. The summed E-state index contributed by atoms with van der Waals surface area (Å²) in [7, 11) is 0. The molecule has 1 aliphatic rings. The summed E-state index contributed by atoms with van der Waals surface area (Å²) in [4.78, 5) is 37.0. The van der Waals surface area contributed by atoms with Gasteiger partial charge in [-0.1, -0.05) is 43.7 Å². The van der Waals surface area contributed by atoms with Crippen LogP contribution in [0.25, 0.3) is 0 Å². The molecule has 0 radical (unpaired) electrons. The maximum atomic E-state index is 12.4. The zero-order chi connectivity index (χ0) is 20.6. The van der Waals surface area contributed by atoms with Crippen molar-refractivity contribution in [2.24, 2.45) is 0 Å². The van der Waals surface area contributed by atoms with E-state index < -0.39 is 23.6 Å². The van der Waals surface area contributed by atoms with Crippen molar-refractivity contribution in [1.82, 2.24) is 15.5 Å². The number of nitrogens with one attached hydrogen (secondary N) is 3. The van der Waals surface area contributed by atoms with Crippen molar-refractivity contribution in [3.63, 3.8) is 0 Å². The van der Waals surface area contributed by atoms with Crippen LogP contribution in [0.4, 0.5) is 9.59 Å². The van der Waals surface area contributed by atoms with Crippen molar-refractivity contribution in [2.45, 2.75) is 51.0 Å². The highest BCUT2D eigenvalue weighted by Crippen LogP contribution is 2.27. The maximum Gasteiger partial charge on any atom is 0.407 e. The van der Waals surface area contributed by atoms with Gasteiger partial charge in [0.2, 0.25) is 5.91 Å². The number of likely N-dealkylation sites (tertiary alicyclic amines) is 1. The van der Waals surface area contributed by atoms with Gasteiger partial charge in [-0.05, 0) is 24.8 Å². The van der Waals surface area contributed by atoms with Crippen LogP contribution in [0.1, 0.15) is 44.6 Å². The lowest BCUT2D eigenvalue weighted by Crippen LogP contribution is -2.59. The highest BCUT2D eigenvalue weighted by molar-refractivity contribution is 5.96. The van der Waals surface area contributed by atoms with Crippen LogP contribution in [0.15, 0.2) is 30.3 Å². The smallest absolute Gasteiger partial charge is 0.407 e. The molecule has 0 aromatic heterocycles. The Kier molecular flexibility index (Phi) is 7.54. The van der Waals surface area contributed by atoms with Gasteiger partial charge in [-0.3, -0.25) is 10.1 Å². The van der Waals surface area contributed by atoms with E-state index in [0.29, 0.717) is 31.4 Å².